The highest BCUT2D eigenvalue weighted by molar-refractivity contribution is 6.30. The predicted octanol–water partition coefficient (Wildman–Crippen LogP) is 3.60. The van der Waals surface area contributed by atoms with Crippen LogP contribution in [0.1, 0.15) is 26.2 Å². The second kappa shape index (κ2) is 6.95. The van der Waals surface area contributed by atoms with Gasteiger partial charge in [0.2, 0.25) is 5.89 Å². The fraction of sp³-hybridized carbons (Fsp3) is 0.429. The summed E-state index contributed by atoms with van der Waals surface area (Å²) >= 11 is 5.50. The summed E-state index contributed by atoms with van der Waals surface area (Å²) in [5.74, 6) is -1.08. The first-order valence-corrected chi connectivity index (χ1v) is 7.06. The zero-order valence-electron chi connectivity index (χ0n) is 11.8. The number of halogens is 3. The van der Waals surface area contributed by atoms with Gasteiger partial charge in [0.05, 0.1) is 10.6 Å². The van der Waals surface area contributed by atoms with Crippen LogP contribution in [0.5, 0.6) is 0 Å². The molecule has 2 rings (SSSR count). The van der Waals surface area contributed by atoms with Crippen molar-refractivity contribution in [3.05, 3.63) is 34.7 Å². The van der Waals surface area contributed by atoms with E-state index >= 15 is 0 Å². The molecule has 0 bridgehead atoms. The van der Waals surface area contributed by atoms with Gasteiger partial charge in [-0.05, 0) is 25.1 Å². The van der Waals surface area contributed by atoms with Crippen LogP contribution in [-0.4, -0.2) is 22.8 Å². The number of nitrogens with one attached hydrogen (secondary N) is 1. The van der Waals surface area contributed by atoms with Crippen LogP contribution >= 0.6 is 11.6 Å². The Bertz CT molecular complexity index is 616. The van der Waals surface area contributed by atoms with E-state index in [2.05, 4.69) is 29.4 Å². The maximum absolute atomic E-state index is 13.7. The summed E-state index contributed by atoms with van der Waals surface area (Å²) in [4.78, 5) is 0. The molecule has 1 aromatic carbocycles. The molecule has 0 fully saturated rings. The maximum Gasteiger partial charge on any atom is 0.250 e. The molecule has 0 radical (unpaired) electrons. The molecule has 2 aromatic rings. The molecule has 0 aliphatic heterocycles. The van der Waals surface area contributed by atoms with Crippen molar-refractivity contribution in [3.63, 3.8) is 0 Å². The zero-order chi connectivity index (χ0) is 15.4. The minimum absolute atomic E-state index is 0.0464. The van der Waals surface area contributed by atoms with Crippen molar-refractivity contribution >= 4 is 11.6 Å². The summed E-state index contributed by atoms with van der Waals surface area (Å²) in [5, 5.41) is 10.6. The molecule has 1 N–H and O–H groups in total. The average Bonchev–Trinajstić information content (AvgIpc) is 2.87. The van der Waals surface area contributed by atoms with Crippen molar-refractivity contribution in [2.24, 2.45) is 0 Å². The van der Waals surface area contributed by atoms with Crippen molar-refractivity contribution in [1.82, 2.24) is 15.5 Å². The molecule has 0 unspecified atom stereocenters. The number of aryl methyl sites for hydroxylation is 1. The van der Waals surface area contributed by atoms with E-state index in [-0.39, 0.29) is 16.5 Å². The minimum atomic E-state index is -0.728. The molecule has 1 heterocycles. The summed E-state index contributed by atoms with van der Waals surface area (Å²) in [6, 6.07) is 2.26. The average molecular weight is 316 g/mol. The van der Waals surface area contributed by atoms with Gasteiger partial charge in [-0.2, -0.15) is 0 Å². The Balaban J connectivity index is 2.04. The lowest BCUT2D eigenvalue weighted by Crippen LogP contribution is -2.23. The number of benzene rings is 1. The van der Waals surface area contributed by atoms with Crippen molar-refractivity contribution < 1.29 is 13.2 Å². The lowest BCUT2D eigenvalue weighted by molar-refractivity contribution is 0.480. The summed E-state index contributed by atoms with van der Waals surface area (Å²) in [7, 11) is 0. The third kappa shape index (κ3) is 4.22. The first kappa shape index (κ1) is 15.9. The van der Waals surface area contributed by atoms with E-state index in [0.29, 0.717) is 18.4 Å². The van der Waals surface area contributed by atoms with Crippen molar-refractivity contribution in [3.8, 4) is 11.5 Å². The predicted molar refractivity (Wildman–Crippen MR) is 76.1 cm³/mol. The topological polar surface area (TPSA) is 51.0 Å². The molecule has 114 valence electrons. The van der Waals surface area contributed by atoms with Gasteiger partial charge in [0.15, 0.2) is 0 Å². The van der Waals surface area contributed by atoms with E-state index in [1.165, 1.54) is 0 Å². The highest BCUT2D eigenvalue weighted by Crippen LogP contribution is 2.27. The molecule has 7 heteroatoms. The number of rotatable bonds is 6. The molecule has 0 saturated heterocycles. The fourth-order valence-electron chi connectivity index (χ4n) is 1.78. The molecule has 0 atom stereocenters. The Labute approximate surface area is 126 Å². The van der Waals surface area contributed by atoms with E-state index in [4.69, 9.17) is 16.0 Å². The first-order chi connectivity index (χ1) is 9.97. The summed E-state index contributed by atoms with van der Waals surface area (Å²) in [5.41, 5.74) is -0.0871. The van der Waals surface area contributed by atoms with Gasteiger partial charge in [-0.1, -0.05) is 25.4 Å². The maximum atomic E-state index is 13.7. The SMILES string of the molecule is CC(C)NCCCc1nnc(-c2cc(F)c(Cl)cc2F)o1. The summed E-state index contributed by atoms with van der Waals surface area (Å²) < 4.78 is 32.5. The largest absolute Gasteiger partial charge is 0.421 e. The zero-order valence-corrected chi connectivity index (χ0v) is 12.5. The molecule has 4 nitrogen and oxygen atoms in total. The van der Waals surface area contributed by atoms with Gasteiger partial charge in [-0.15, -0.1) is 10.2 Å². The monoisotopic (exact) mass is 315 g/mol. The molecule has 0 aliphatic carbocycles. The Hall–Kier alpha value is -1.53. The van der Waals surface area contributed by atoms with E-state index in [1.54, 1.807) is 0 Å². The van der Waals surface area contributed by atoms with Crippen molar-refractivity contribution in [2.75, 3.05) is 6.54 Å². The minimum Gasteiger partial charge on any atom is -0.421 e. The summed E-state index contributed by atoms with van der Waals surface area (Å²) in [6.45, 7) is 4.94. The van der Waals surface area contributed by atoms with Gasteiger partial charge in [-0.3, -0.25) is 0 Å². The quantitative estimate of drug-likeness (QED) is 0.653. The standard InChI is InChI=1S/C14H16ClF2N3O/c1-8(2)18-5-3-4-13-19-20-14(21-13)9-6-12(17)10(15)7-11(9)16/h6-8,18H,3-5H2,1-2H3. The van der Waals surface area contributed by atoms with Gasteiger partial charge in [0.25, 0.3) is 5.89 Å². The molecule has 21 heavy (non-hydrogen) atoms. The molecule has 0 spiro atoms. The highest BCUT2D eigenvalue weighted by atomic mass is 35.5. The second-order valence-electron chi connectivity index (χ2n) is 4.96. The Morgan fingerprint density at radius 1 is 1.24 bits per heavy atom. The number of nitrogens with zero attached hydrogens (tertiary/aromatic N) is 2. The first-order valence-electron chi connectivity index (χ1n) is 6.68. The van der Waals surface area contributed by atoms with Crippen LogP contribution in [0.15, 0.2) is 16.5 Å². The van der Waals surface area contributed by atoms with Crippen LogP contribution in [-0.2, 0) is 6.42 Å². The van der Waals surface area contributed by atoms with Gasteiger partial charge < -0.3 is 9.73 Å². The van der Waals surface area contributed by atoms with Crippen molar-refractivity contribution in [1.29, 1.82) is 0 Å². The molecular weight excluding hydrogens is 300 g/mol. The molecular formula is C14H16ClF2N3O. The van der Waals surface area contributed by atoms with Crippen LogP contribution < -0.4 is 5.32 Å². The number of hydrogen-bond acceptors (Lipinski definition) is 4. The molecule has 0 saturated carbocycles. The summed E-state index contributed by atoms with van der Waals surface area (Å²) in [6.07, 6.45) is 1.39. The lowest BCUT2D eigenvalue weighted by Gasteiger charge is -2.05. The van der Waals surface area contributed by atoms with Gasteiger partial charge >= 0.3 is 0 Å². The highest BCUT2D eigenvalue weighted by Gasteiger charge is 2.16. The van der Waals surface area contributed by atoms with Crippen LogP contribution in [0.2, 0.25) is 5.02 Å². The normalized spacial score (nSPS) is 11.3. The van der Waals surface area contributed by atoms with Gasteiger partial charge in [-0.25, -0.2) is 8.78 Å². The van der Waals surface area contributed by atoms with Crippen LogP contribution in [0.4, 0.5) is 8.78 Å². The molecule has 0 amide bonds. The number of aromatic nitrogens is 2. The van der Waals surface area contributed by atoms with Crippen LogP contribution in [0.3, 0.4) is 0 Å². The number of hydrogen-bond donors (Lipinski definition) is 1. The van der Waals surface area contributed by atoms with E-state index < -0.39 is 11.6 Å². The molecule has 0 aliphatic rings. The smallest absolute Gasteiger partial charge is 0.250 e. The Kier molecular flexibility index (Phi) is 5.25. The Morgan fingerprint density at radius 2 is 2.00 bits per heavy atom. The third-order valence-electron chi connectivity index (χ3n) is 2.83. The molecule has 1 aromatic heterocycles. The Morgan fingerprint density at radius 3 is 2.71 bits per heavy atom. The van der Waals surface area contributed by atoms with Crippen molar-refractivity contribution in [2.45, 2.75) is 32.7 Å². The van der Waals surface area contributed by atoms with E-state index in [1.807, 2.05) is 0 Å². The fourth-order valence-corrected chi connectivity index (χ4v) is 1.93. The van der Waals surface area contributed by atoms with Crippen LogP contribution in [0, 0.1) is 11.6 Å². The lowest BCUT2D eigenvalue weighted by atomic mass is 10.2. The third-order valence-corrected chi connectivity index (χ3v) is 3.12. The second-order valence-corrected chi connectivity index (χ2v) is 5.37. The van der Waals surface area contributed by atoms with Crippen LogP contribution in [0.25, 0.3) is 11.5 Å². The van der Waals surface area contributed by atoms with E-state index in [9.17, 15) is 8.78 Å². The van der Waals surface area contributed by atoms with Gasteiger partial charge in [0, 0.05) is 12.5 Å². The van der Waals surface area contributed by atoms with Gasteiger partial charge in [0.1, 0.15) is 11.6 Å². The van der Waals surface area contributed by atoms with E-state index in [0.717, 1.165) is 25.1 Å².